The van der Waals surface area contributed by atoms with Gasteiger partial charge in [0.25, 0.3) is 0 Å². The third kappa shape index (κ3) is 1.78. The summed E-state index contributed by atoms with van der Waals surface area (Å²) in [6.07, 6.45) is 6.61. The number of hydrogen-bond acceptors (Lipinski definition) is 2. The average Bonchev–Trinajstić information content (AvgIpc) is 2.75. The summed E-state index contributed by atoms with van der Waals surface area (Å²) in [6, 6.07) is 4.14. The minimum absolute atomic E-state index is 0.637. The fourth-order valence-electron chi connectivity index (χ4n) is 2.27. The van der Waals surface area contributed by atoms with Crippen molar-refractivity contribution in [3.05, 3.63) is 34.8 Å². The van der Waals surface area contributed by atoms with E-state index >= 15 is 0 Å². The summed E-state index contributed by atoms with van der Waals surface area (Å²) < 4.78 is 3.35. The van der Waals surface area contributed by atoms with E-state index in [0.29, 0.717) is 5.92 Å². The zero-order valence-corrected chi connectivity index (χ0v) is 11.3. The molecule has 0 aliphatic carbocycles. The first kappa shape index (κ1) is 10.7. The van der Waals surface area contributed by atoms with Crippen molar-refractivity contribution in [3.8, 4) is 0 Å². The molecule has 2 nitrogen and oxygen atoms in total. The molecule has 3 rings (SSSR count). The Labute approximate surface area is 108 Å². The van der Waals surface area contributed by atoms with Crippen LogP contribution in [0.15, 0.2) is 29.0 Å². The van der Waals surface area contributed by atoms with Crippen LogP contribution in [-0.2, 0) is 0 Å². The lowest BCUT2D eigenvalue weighted by Crippen LogP contribution is -2.11. The van der Waals surface area contributed by atoms with E-state index in [4.69, 9.17) is 0 Å². The van der Waals surface area contributed by atoms with Crippen LogP contribution in [0.1, 0.15) is 24.6 Å². The lowest BCUT2D eigenvalue weighted by molar-refractivity contribution is 0.596. The van der Waals surface area contributed by atoms with Crippen molar-refractivity contribution in [1.29, 1.82) is 0 Å². The van der Waals surface area contributed by atoms with E-state index in [1.165, 1.54) is 35.7 Å². The summed E-state index contributed by atoms with van der Waals surface area (Å²) >= 11 is 5.63. The minimum atomic E-state index is 0.637. The van der Waals surface area contributed by atoms with E-state index < -0.39 is 0 Å². The van der Waals surface area contributed by atoms with Crippen LogP contribution in [0.2, 0.25) is 0 Å². The molecule has 4 heteroatoms. The first-order valence-electron chi connectivity index (χ1n) is 5.55. The number of imidazole rings is 1. The van der Waals surface area contributed by atoms with Crippen molar-refractivity contribution in [2.24, 2.45) is 0 Å². The van der Waals surface area contributed by atoms with Crippen molar-refractivity contribution in [1.82, 2.24) is 9.38 Å². The van der Waals surface area contributed by atoms with Gasteiger partial charge in [-0.3, -0.25) is 0 Å². The standard InChI is InChI=1S/C12H13BrN2S/c13-10-2-1-5-15-11(10)8-14-12(15)9-3-6-16-7-4-9/h1-2,5,8-9H,3-4,6-7H2. The van der Waals surface area contributed by atoms with Gasteiger partial charge in [0.1, 0.15) is 5.82 Å². The highest BCUT2D eigenvalue weighted by Gasteiger charge is 2.20. The summed E-state index contributed by atoms with van der Waals surface area (Å²) in [5.41, 5.74) is 1.18. The maximum Gasteiger partial charge on any atom is 0.116 e. The number of fused-ring (bicyclic) bond motifs is 1. The Morgan fingerprint density at radius 3 is 3.00 bits per heavy atom. The Balaban J connectivity index is 2.06. The Morgan fingerprint density at radius 2 is 2.19 bits per heavy atom. The molecular formula is C12H13BrN2S. The maximum atomic E-state index is 4.60. The van der Waals surface area contributed by atoms with Crippen LogP contribution >= 0.6 is 27.7 Å². The van der Waals surface area contributed by atoms with Crippen molar-refractivity contribution >= 4 is 33.2 Å². The zero-order valence-electron chi connectivity index (χ0n) is 8.90. The van der Waals surface area contributed by atoms with E-state index in [0.717, 1.165) is 4.47 Å². The summed E-state index contributed by atoms with van der Waals surface area (Å²) in [5, 5.41) is 0. The second-order valence-corrected chi connectivity index (χ2v) is 6.19. The molecule has 0 spiro atoms. The van der Waals surface area contributed by atoms with Crippen LogP contribution in [0, 0.1) is 0 Å². The van der Waals surface area contributed by atoms with Crippen molar-refractivity contribution in [2.75, 3.05) is 11.5 Å². The number of halogens is 1. The van der Waals surface area contributed by atoms with Gasteiger partial charge in [0.05, 0.1) is 11.7 Å². The molecule has 0 N–H and O–H groups in total. The molecular weight excluding hydrogens is 284 g/mol. The molecule has 3 heterocycles. The highest BCUT2D eigenvalue weighted by Crippen LogP contribution is 2.32. The van der Waals surface area contributed by atoms with Gasteiger partial charge >= 0.3 is 0 Å². The number of nitrogens with zero attached hydrogens (tertiary/aromatic N) is 2. The second kappa shape index (κ2) is 4.41. The predicted octanol–water partition coefficient (Wildman–Crippen LogP) is 3.71. The lowest BCUT2D eigenvalue weighted by atomic mass is 10.0. The molecule has 0 amide bonds. The number of thioether (sulfide) groups is 1. The summed E-state index contributed by atoms with van der Waals surface area (Å²) in [6.45, 7) is 0. The van der Waals surface area contributed by atoms with E-state index in [-0.39, 0.29) is 0 Å². The first-order valence-corrected chi connectivity index (χ1v) is 7.50. The van der Waals surface area contributed by atoms with E-state index in [1.807, 2.05) is 6.20 Å². The van der Waals surface area contributed by atoms with Crippen LogP contribution in [0.25, 0.3) is 5.52 Å². The van der Waals surface area contributed by atoms with E-state index in [1.54, 1.807) is 0 Å². The molecule has 0 atom stereocenters. The Kier molecular flexibility index (Phi) is 2.94. The molecule has 0 aromatic carbocycles. The van der Waals surface area contributed by atoms with Gasteiger partial charge in [0, 0.05) is 16.6 Å². The van der Waals surface area contributed by atoms with Gasteiger partial charge in [0.2, 0.25) is 0 Å². The highest BCUT2D eigenvalue weighted by atomic mass is 79.9. The largest absolute Gasteiger partial charge is 0.302 e. The molecule has 0 radical (unpaired) electrons. The highest BCUT2D eigenvalue weighted by molar-refractivity contribution is 9.10. The third-order valence-electron chi connectivity index (χ3n) is 3.13. The Morgan fingerprint density at radius 1 is 1.38 bits per heavy atom. The SMILES string of the molecule is Brc1cccn2c(C3CCSCC3)ncc12. The molecule has 84 valence electrons. The number of pyridine rings is 1. The fourth-order valence-corrected chi connectivity index (χ4v) is 3.82. The molecule has 0 bridgehead atoms. The summed E-state index contributed by atoms with van der Waals surface area (Å²) in [4.78, 5) is 4.60. The Hall–Kier alpha value is -0.480. The molecule has 0 saturated carbocycles. The van der Waals surface area contributed by atoms with Gasteiger partial charge < -0.3 is 4.40 Å². The summed E-state index contributed by atoms with van der Waals surface area (Å²) in [5.74, 6) is 4.41. The molecule has 1 fully saturated rings. The molecule has 1 aliphatic rings. The molecule has 2 aromatic rings. The topological polar surface area (TPSA) is 17.3 Å². The monoisotopic (exact) mass is 296 g/mol. The molecule has 1 aliphatic heterocycles. The predicted molar refractivity (Wildman–Crippen MR) is 72.2 cm³/mol. The van der Waals surface area contributed by atoms with Gasteiger partial charge in [-0.15, -0.1) is 0 Å². The number of rotatable bonds is 1. The second-order valence-electron chi connectivity index (χ2n) is 4.11. The van der Waals surface area contributed by atoms with Crippen LogP contribution in [0.3, 0.4) is 0 Å². The molecule has 1 saturated heterocycles. The molecule has 2 aromatic heterocycles. The summed E-state index contributed by atoms with van der Waals surface area (Å²) in [7, 11) is 0. The maximum absolute atomic E-state index is 4.60. The van der Waals surface area contributed by atoms with Gasteiger partial charge in [-0.1, -0.05) is 0 Å². The van der Waals surface area contributed by atoms with Crippen LogP contribution in [-0.4, -0.2) is 20.9 Å². The third-order valence-corrected chi connectivity index (χ3v) is 4.85. The van der Waals surface area contributed by atoms with Crippen molar-refractivity contribution in [3.63, 3.8) is 0 Å². The van der Waals surface area contributed by atoms with Gasteiger partial charge in [0.15, 0.2) is 0 Å². The minimum Gasteiger partial charge on any atom is -0.302 e. The zero-order chi connectivity index (χ0) is 11.0. The quantitative estimate of drug-likeness (QED) is 0.798. The number of aromatic nitrogens is 2. The van der Waals surface area contributed by atoms with Crippen LogP contribution in [0.4, 0.5) is 0 Å². The number of hydrogen-bond donors (Lipinski definition) is 0. The smallest absolute Gasteiger partial charge is 0.116 e. The van der Waals surface area contributed by atoms with E-state index in [9.17, 15) is 0 Å². The fraction of sp³-hybridized carbons (Fsp3) is 0.417. The van der Waals surface area contributed by atoms with Crippen molar-refractivity contribution in [2.45, 2.75) is 18.8 Å². The van der Waals surface area contributed by atoms with Crippen LogP contribution < -0.4 is 0 Å². The van der Waals surface area contributed by atoms with Gasteiger partial charge in [-0.2, -0.15) is 11.8 Å². The van der Waals surface area contributed by atoms with Crippen LogP contribution in [0.5, 0.6) is 0 Å². The van der Waals surface area contributed by atoms with E-state index in [2.05, 4.69) is 55.4 Å². The van der Waals surface area contributed by atoms with Crippen molar-refractivity contribution < 1.29 is 0 Å². The van der Waals surface area contributed by atoms with Gasteiger partial charge in [-0.05, 0) is 52.4 Å². The molecule has 0 unspecified atom stereocenters. The average molecular weight is 297 g/mol. The molecule has 16 heavy (non-hydrogen) atoms. The normalized spacial score (nSPS) is 18.1. The Bertz CT molecular complexity index is 503. The van der Waals surface area contributed by atoms with Gasteiger partial charge in [-0.25, -0.2) is 4.98 Å². The lowest BCUT2D eigenvalue weighted by Gasteiger charge is -2.20. The first-order chi connectivity index (χ1) is 7.86.